The normalized spacial score (nSPS) is 11.3. The molecule has 0 aliphatic carbocycles. The first-order valence-electron chi connectivity index (χ1n) is 6.36. The van der Waals surface area contributed by atoms with Gasteiger partial charge in [0.15, 0.2) is 5.69 Å². The van der Waals surface area contributed by atoms with E-state index in [0.29, 0.717) is 27.2 Å². The lowest BCUT2D eigenvalue weighted by molar-refractivity contribution is 0.0995. The van der Waals surface area contributed by atoms with Gasteiger partial charge in [0.25, 0.3) is 5.91 Å². The van der Waals surface area contributed by atoms with E-state index in [2.05, 4.69) is 15.2 Å². The monoisotopic (exact) mass is 314 g/mol. The first-order chi connectivity index (χ1) is 10.5. The van der Waals surface area contributed by atoms with Crippen LogP contribution in [0.25, 0.3) is 10.9 Å². The van der Waals surface area contributed by atoms with Gasteiger partial charge in [-0.2, -0.15) is 0 Å². The number of aromatic nitrogens is 1. The molecule has 0 atom stereocenters. The van der Waals surface area contributed by atoms with Crippen molar-refractivity contribution in [1.29, 1.82) is 0 Å². The summed E-state index contributed by atoms with van der Waals surface area (Å²) in [5, 5.41) is 18.4. The van der Waals surface area contributed by atoms with Crippen molar-refractivity contribution in [2.45, 2.75) is 0 Å². The van der Waals surface area contributed by atoms with Crippen molar-refractivity contribution < 1.29 is 9.90 Å². The fraction of sp³-hybridized carbons (Fsp3) is 0. The zero-order valence-corrected chi connectivity index (χ0v) is 12.0. The number of nitrogens with one attached hydrogen (secondary N) is 1. The molecular formula is C15H11ClN4O2. The maximum atomic E-state index is 11.9. The van der Waals surface area contributed by atoms with Crippen LogP contribution in [0.2, 0.25) is 5.02 Å². The van der Waals surface area contributed by atoms with Crippen molar-refractivity contribution in [3.05, 3.63) is 53.1 Å². The number of fused-ring (bicyclic) bond motifs is 1. The lowest BCUT2D eigenvalue weighted by atomic mass is 10.2. The number of aromatic hydroxyl groups is 1. The van der Waals surface area contributed by atoms with E-state index in [9.17, 15) is 9.90 Å². The Hall–Kier alpha value is -2.86. The molecule has 4 N–H and O–H groups in total. The number of amides is 1. The highest BCUT2D eigenvalue weighted by Crippen LogP contribution is 2.36. The molecule has 2 aromatic carbocycles. The summed E-state index contributed by atoms with van der Waals surface area (Å²) >= 11 is 5.93. The Morgan fingerprint density at radius 3 is 2.64 bits per heavy atom. The number of hydrogen-bond donors (Lipinski definition) is 3. The van der Waals surface area contributed by atoms with Gasteiger partial charge in [-0.1, -0.05) is 11.6 Å². The molecule has 3 rings (SSSR count). The van der Waals surface area contributed by atoms with Crippen LogP contribution < -0.4 is 5.73 Å². The van der Waals surface area contributed by atoms with Crippen LogP contribution in [-0.2, 0) is 0 Å². The molecule has 1 heterocycles. The van der Waals surface area contributed by atoms with Gasteiger partial charge in [0.2, 0.25) is 5.88 Å². The second-order valence-corrected chi connectivity index (χ2v) is 5.08. The van der Waals surface area contributed by atoms with Gasteiger partial charge in [-0.15, -0.1) is 10.2 Å². The van der Waals surface area contributed by atoms with Gasteiger partial charge in [0.1, 0.15) is 0 Å². The summed E-state index contributed by atoms with van der Waals surface area (Å²) in [6, 6.07) is 11.3. The minimum Gasteiger partial charge on any atom is -0.493 e. The molecule has 3 aromatic rings. The van der Waals surface area contributed by atoms with E-state index >= 15 is 0 Å². The standard InChI is InChI=1S/C15H11ClN4O2/c16-9-3-6-12-11(7-9)13(15(22)18-12)19-20-14(21)8-1-4-10(17)5-2-8/h1-7,18,22H,17H2. The number of rotatable bonds is 2. The third kappa shape index (κ3) is 2.64. The van der Waals surface area contributed by atoms with Crippen LogP contribution >= 0.6 is 11.6 Å². The molecule has 0 fully saturated rings. The van der Waals surface area contributed by atoms with Crippen LogP contribution in [0.5, 0.6) is 5.88 Å². The molecule has 1 amide bonds. The Labute approximate surface area is 130 Å². The molecule has 7 heteroatoms. The number of benzene rings is 2. The second-order valence-electron chi connectivity index (χ2n) is 4.64. The summed E-state index contributed by atoms with van der Waals surface area (Å²) in [7, 11) is 0. The van der Waals surface area contributed by atoms with Crippen LogP contribution in [0, 0.1) is 0 Å². The summed E-state index contributed by atoms with van der Waals surface area (Å²) in [5.74, 6) is -0.707. The van der Waals surface area contributed by atoms with E-state index in [1.807, 2.05) is 0 Å². The summed E-state index contributed by atoms with van der Waals surface area (Å²) in [6.07, 6.45) is 0. The molecule has 110 valence electrons. The molecule has 22 heavy (non-hydrogen) atoms. The fourth-order valence-corrected chi connectivity index (χ4v) is 2.19. The SMILES string of the molecule is Nc1ccc(C(=O)N=Nc2c(O)[nH]c3ccc(Cl)cc23)cc1. The van der Waals surface area contributed by atoms with Crippen molar-refractivity contribution in [3.63, 3.8) is 0 Å². The Morgan fingerprint density at radius 2 is 1.91 bits per heavy atom. The van der Waals surface area contributed by atoms with Crippen LogP contribution in [0.15, 0.2) is 52.7 Å². The quantitative estimate of drug-likeness (QED) is 0.491. The molecule has 0 radical (unpaired) electrons. The molecule has 0 saturated carbocycles. The van der Waals surface area contributed by atoms with Crippen LogP contribution in [0.3, 0.4) is 0 Å². The number of hydrogen-bond acceptors (Lipinski definition) is 4. The highest BCUT2D eigenvalue weighted by molar-refractivity contribution is 6.31. The van der Waals surface area contributed by atoms with Crippen molar-refractivity contribution in [1.82, 2.24) is 4.98 Å². The molecule has 0 aliphatic heterocycles. The highest BCUT2D eigenvalue weighted by atomic mass is 35.5. The minimum atomic E-state index is -0.532. The third-order valence-corrected chi connectivity index (χ3v) is 3.35. The molecule has 6 nitrogen and oxygen atoms in total. The van der Waals surface area contributed by atoms with Crippen LogP contribution in [0.4, 0.5) is 11.4 Å². The largest absolute Gasteiger partial charge is 0.493 e. The number of anilines is 1. The van der Waals surface area contributed by atoms with Crippen LogP contribution in [-0.4, -0.2) is 16.0 Å². The molecular weight excluding hydrogens is 304 g/mol. The Balaban J connectivity index is 1.95. The first-order valence-corrected chi connectivity index (χ1v) is 6.74. The summed E-state index contributed by atoms with van der Waals surface area (Å²) in [4.78, 5) is 14.7. The van der Waals surface area contributed by atoms with Gasteiger partial charge < -0.3 is 15.8 Å². The zero-order chi connectivity index (χ0) is 15.7. The average Bonchev–Trinajstić information content (AvgIpc) is 2.80. The smallest absolute Gasteiger partial charge is 0.295 e. The molecule has 0 aliphatic rings. The number of nitrogens with zero attached hydrogens (tertiary/aromatic N) is 2. The number of carbonyl (C=O) groups excluding carboxylic acids is 1. The van der Waals surface area contributed by atoms with Crippen molar-refractivity contribution in [2.24, 2.45) is 10.2 Å². The van der Waals surface area contributed by atoms with Crippen molar-refractivity contribution in [2.75, 3.05) is 5.73 Å². The summed E-state index contributed by atoms with van der Waals surface area (Å²) < 4.78 is 0. The topological polar surface area (TPSA) is 104 Å². The molecule has 1 aromatic heterocycles. The molecule has 0 spiro atoms. The van der Waals surface area contributed by atoms with Gasteiger partial charge in [0, 0.05) is 21.7 Å². The predicted molar refractivity (Wildman–Crippen MR) is 84.7 cm³/mol. The van der Waals surface area contributed by atoms with Gasteiger partial charge in [-0.05, 0) is 42.5 Å². The van der Waals surface area contributed by atoms with E-state index < -0.39 is 5.91 Å². The number of azo groups is 1. The van der Waals surface area contributed by atoms with E-state index in [4.69, 9.17) is 17.3 Å². The molecule has 0 bridgehead atoms. The van der Waals surface area contributed by atoms with Gasteiger partial charge >= 0.3 is 0 Å². The number of nitrogens with two attached hydrogens (primary N) is 1. The Kier molecular flexibility index (Phi) is 3.52. The lowest BCUT2D eigenvalue weighted by Gasteiger charge is -1.96. The van der Waals surface area contributed by atoms with Gasteiger partial charge in [-0.25, -0.2) is 0 Å². The Bertz CT molecular complexity index is 884. The Morgan fingerprint density at radius 1 is 1.18 bits per heavy atom. The number of carbonyl (C=O) groups is 1. The number of halogens is 1. The van der Waals surface area contributed by atoms with Gasteiger partial charge in [0.05, 0.1) is 5.52 Å². The predicted octanol–water partition coefficient (Wildman–Crippen LogP) is 4.03. The van der Waals surface area contributed by atoms with Gasteiger partial charge in [-0.3, -0.25) is 4.79 Å². The van der Waals surface area contributed by atoms with E-state index in [1.54, 1.807) is 42.5 Å². The maximum Gasteiger partial charge on any atom is 0.295 e. The summed E-state index contributed by atoms with van der Waals surface area (Å²) in [6.45, 7) is 0. The van der Waals surface area contributed by atoms with E-state index in [0.717, 1.165) is 0 Å². The lowest BCUT2D eigenvalue weighted by Crippen LogP contribution is -1.94. The zero-order valence-electron chi connectivity index (χ0n) is 11.2. The number of aromatic amines is 1. The number of H-pyrrole nitrogens is 1. The van der Waals surface area contributed by atoms with Crippen molar-refractivity contribution >= 4 is 39.8 Å². The fourth-order valence-electron chi connectivity index (χ4n) is 2.02. The highest BCUT2D eigenvalue weighted by Gasteiger charge is 2.12. The maximum absolute atomic E-state index is 11.9. The molecule has 0 saturated heterocycles. The van der Waals surface area contributed by atoms with Crippen LogP contribution in [0.1, 0.15) is 10.4 Å². The molecule has 0 unspecified atom stereocenters. The third-order valence-electron chi connectivity index (χ3n) is 3.11. The second kappa shape index (κ2) is 5.50. The first kappa shape index (κ1) is 14.1. The number of nitrogen functional groups attached to an aromatic ring is 1. The summed E-state index contributed by atoms with van der Waals surface area (Å²) in [5.41, 5.74) is 7.29. The average molecular weight is 315 g/mol. The van der Waals surface area contributed by atoms with E-state index in [-0.39, 0.29) is 11.6 Å². The minimum absolute atomic E-state index is 0.168. The van der Waals surface area contributed by atoms with E-state index in [1.165, 1.54) is 0 Å². The van der Waals surface area contributed by atoms with Crippen molar-refractivity contribution in [3.8, 4) is 5.88 Å².